The molecule has 34 heavy (non-hydrogen) atoms. The van der Waals surface area contributed by atoms with Gasteiger partial charge in [0, 0.05) is 17.9 Å². The van der Waals surface area contributed by atoms with E-state index in [2.05, 4.69) is 4.90 Å². The van der Waals surface area contributed by atoms with E-state index in [-0.39, 0.29) is 29.1 Å². The average Bonchev–Trinajstić information content (AvgIpc) is 2.86. The van der Waals surface area contributed by atoms with Crippen molar-refractivity contribution < 1.29 is 23.8 Å². The van der Waals surface area contributed by atoms with Gasteiger partial charge in [-0.1, -0.05) is 25.7 Å². The molecule has 1 N–H and O–H groups in total. The number of rotatable bonds is 13. The molecule has 1 heterocycles. The van der Waals surface area contributed by atoms with E-state index in [0.717, 1.165) is 64.6 Å². The first-order valence-corrected chi connectivity index (χ1v) is 12.4. The minimum absolute atomic E-state index is 0.00894. The lowest BCUT2D eigenvalue weighted by Gasteiger charge is -2.31. The number of ketones is 2. The van der Waals surface area contributed by atoms with Crippen molar-refractivity contribution in [3.8, 4) is 11.5 Å². The van der Waals surface area contributed by atoms with Crippen LogP contribution < -0.4 is 4.74 Å². The van der Waals surface area contributed by atoms with Crippen molar-refractivity contribution in [2.45, 2.75) is 57.8 Å². The summed E-state index contributed by atoms with van der Waals surface area (Å²) in [4.78, 5) is 27.4. The number of carbonyl (C=O) groups is 2. The number of phenolic OH excluding ortho intramolecular Hbond substituents is 1. The van der Waals surface area contributed by atoms with Crippen molar-refractivity contribution in [2.24, 2.45) is 5.92 Å². The summed E-state index contributed by atoms with van der Waals surface area (Å²) in [5.41, 5.74) is 0.948. The van der Waals surface area contributed by atoms with Crippen molar-refractivity contribution >= 4 is 11.6 Å². The van der Waals surface area contributed by atoms with Crippen LogP contribution in [0.4, 0.5) is 4.39 Å². The average molecular weight is 470 g/mol. The number of Topliss-reactive ketones (excluding diaryl/α,β-unsaturated/α-hetero) is 2. The third-order valence-corrected chi connectivity index (χ3v) is 6.72. The number of hydrogen-bond acceptors (Lipinski definition) is 5. The number of nitrogens with zero attached hydrogens (tertiary/aromatic N) is 1. The third-order valence-electron chi connectivity index (χ3n) is 6.72. The maximum Gasteiger partial charge on any atom is 0.166 e. The molecular formula is C28H36FNO4. The Labute approximate surface area is 201 Å². The number of halogens is 1. The number of unbranched alkanes of at least 4 members (excludes halogenated alkanes) is 5. The first-order valence-electron chi connectivity index (χ1n) is 12.4. The van der Waals surface area contributed by atoms with Crippen LogP contribution in [0.3, 0.4) is 0 Å². The highest BCUT2D eigenvalue weighted by Gasteiger charge is 2.25. The summed E-state index contributed by atoms with van der Waals surface area (Å²) >= 11 is 0. The number of piperidine rings is 1. The highest BCUT2D eigenvalue weighted by Crippen LogP contribution is 2.25. The van der Waals surface area contributed by atoms with Gasteiger partial charge in [0.25, 0.3) is 0 Å². The van der Waals surface area contributed by atoms with Gasteiger partial charge >= 0.3 is 0 Å². The second kappa shape index (κ2) is 13.2. The van der Waals surface area contributed by atoms with Crippen LogP contribution in [-0.2, 0) is 0 Å². The molecule has 0 radical (unpaired) electrons. The molecule has 1 fully saturated rings. The lowest BCUT2D eigenvalue weighted by Crippen LogP contribution is -2.36. The topological polar surface area (TPSA) is 66.8 Å². The molecule has 1 saturated heterocycles. The van der Waals surface area contributed by atoms with E-state index < -0.39 is 0 Å². The normalized spacial score (nSPS) is 14.8. The Morgan fingerprint density at radius 3 is 2.29 bits per heavy atom. The molecule has 5 nitrogen and oxygen atoms in total. The summed E-state index contributed by atoms with van der Waals surface area (Å²) < 4.78 is 18.2. The van der Waals surface area contributed by atoms with E-state index in [1.807, 2.05) is 0 Å². The van der Waals surface area contributed by atoms with Gasteiger partial charge in [0.15, 0.2) is 11.6 Å². The van der Waals surface area contributed by atoms with E-state index in [1.165, 1.54) is 24.6 Å². The second-order valence-electron chi connectivity index (χ2n) is 9.16. The molecule has 0 atom stereocenters. The zero-order valence-corrected chi connectivity index (χ0v) is 20.1. The van der Waals surface area contributed by atoms with Gasteiger partial charge < -0.3 is 14.7 Å². The predicted octanol–water partition coefficient (Wildman–Crippen LogP) is 6.05. The molecule has 0 aliphatic carbocycles. The van der Waals surface area contributed by atoms with Gasteiger partial charge in [-0.3, -0.25) is 9.59 Å². The fourth-order valence-electron chi connectivity index (χ4n) is 4.60. The number of likely N-dealkylation sites (tertiary alicyclic amines) is 1. The minimum Gasteiger partial charge on any atom is -0.507 e. The first kappa shape index (κ1) is 25.9. The molecule has 0 unspecified atom stereocenters. The van der Waals surface area contributed by atoms with E-state index in [0.29, 0.717) is 23.3 Å². The minimum atomic E-state index is -0.312. The Morgan fingerprint density at radius 1 is 0.971 bits per heavy atom. The van der Waals surface area contributed by atoms with Gasteiger partial charge in [-0.2, -0.15) is 0 Å². The maximum absolute atomic E-state index is 13.1. The van der Waals surface area contributed by atoms with E-state index in [1.54, 1.807) is 31.4 Å². The molecular weight excluding hydrogens is 433 g/mol. The van der Waals surface area contributed by atoms with Crippen LogP contribution in [-0.4, -0.2) is 48.3 Å². The van der Waals surface area contributed by atoms with Gasteiger partial charge in [0.2, 0.25) is 0 Å². The summed E-state index contributed by atoms with van der Waals surface area (Å²) in [6, 6.07) is 10.6. The van der Waals surface area contributed by atoms with Crippen LogP contribution in [0.25, 0.3) is 0 Å². The zero-order chi connectivity index (χ0) is 24.3. The van der Waals surface area contributed by atoms with Crippen LogP contribution in [0, 0.1) is 11.7 Å². The molecule has 1 aliphatic heterocycles. The summed E-state index contributed by atoms with van der Waals surface area (Å²) in [5.74, 6) is 0.411. The largest absolute Gasteiger partial charge is 0.507 e. The molecule has 0 aromatic heterocycles. The number of carbonyl (C=O) groups excluding carboxylic acids is 2. The van der Waals surface area contributed by atoms with Gasteiger partial charge in [-0.15, -0.1) is 0 Å². The van der Waals surface area contributed by atoms with Crippen LogP contribution in [0.15, 0.2) is 42.5 Å². The summed E-state index contributed by atoms with van der Waals surface area (Å²) in [7, 11) is 1.54. The van der Waals surface area contributed by atoms with Crippen molar-refractivity contribution in [3.05, 3.63) is 59.4 Å². The summed E-state index contributed by atoms with van der Waals surface area (Å²) in [5, 5.41) is 9.90. The van der Waals surface area contributed by atoms with Gasteiger partial charge in [0.05, 0.1) is 12.7 Å². The molecule has 3 rings (SSSR count). The lowest BCUT2D eigenvalue weighted by molar-refractivity contribution is 0.0838. The smallest absolute Gasteiger partial charge is 0.166 e. The number of methoxy groups -OCH3 is 1. The van der Waals surface area contributed by atoms with Gasteiger partial charge in [0.1, 0.15) is 17.3 Å². The number of hydrogen-bond donors (Lipinski definition) is 1. The second-order valence-corrected chi connectivity index (χ2v) is 9.16. The molecule has 0 spiro atoms. The number of aromatic hydroxyl groups is 1. The Kier molecular flexibility index (Phi) is 10.1. The van der Waals surface area contributed by atoms with Crippen molar-refractivity contribution in [3.63, 3.8) is 0 Å². The summed E-state index contributed by atoms with van der Waals surface area (Å²) in [6.45, 7) is 2.94. The highest BCUT2D eigenvalue weighted by molar-refractivity contribution is 5.99. The molecule has 0 bridgehead atoms. The fraction of sp³-hybridized carbons (Fsp3) is 0.500. The molecule has 0 saturated carbocycles. The van der Waals surface area contributed by atoms with E-state index >= 15 is 0 Å². The van der Waals surface area contributed by atoms with Crippen molar-refractivity contribution in [2.75, 3.05) is 26.7 Å². The standard InChI is InChI=1S/C28H36FNO4/c1-34-24-13-14-27(32)25(20-24)26(31)8-6-4-2-3-5-7-17-30-18-15-22(16-19-30)28(33)21-9-11-23(29)12-10-21/h9-14,20,22,32H,2-8,15-19H2,1H3. The first-order chi connectivity index (χ1) is 16.5. The molecule has 2 aromatic carbocycles. The Bertz CT molecular complexity index is 936. The quantitative estimate of drug-likeness (QED) is 0.286. The van der Waals surface area contributed by atoms with Crippen molar-refractivity contribution in [1.29, 1.82) is 0 Å². The SMILES string of the molecule is COc1ccc(O)c(C(=O)CCCCCCCCN2CCC(C(=O)c3ccc(F)cc3)CC2)c1. The molecule has 1 aliphatic rings. The monoisotopic (exact) mass is 469 g/mol. The molecule has 0 amide bonds. The van der Waals surface area contributed by atoms with Gasteiger partial charge in [-0.05, 0) is 87.8 Å². The van der Waals surface area contributed by atoms with Crippen molar-refractivity contribution in [1.82, 2.24) is 4.90 Å². The summed E-state index contributed by atoms with van der Waals surface area (Å²) in [6.07, 6.45) is 8.57. The van der Waals surface area contributed by atoms with Crippen LogP contribution in [0.5, 0.6) is 11.5 Å². The lowest BCUT2D eigenvalue weighted by atomic mass is 9.89. The third kappa shape index (κ3) is 7.66. The van der Waals surface area contributed by atoms with Crippen LogP contribution >= 0.6 is 0 Å². The molecule has 184 valence electrons. The Morgan fingerprint density at radius 2 is 1.62 bits per heavy atom. The van der Waals surface area contributed by atoms with E-state index in [9.17, 15) is 19.1 Å². The fourth-order valence-corrected chi connectivity index (χ4v) is 4.60. The maximum atomic E-state index is 13.1. The van der Waals surface area contributed by atoms with Gasteiger partial charge in [-0.25, -0.2) is 4.39 Å². The molecule has 6 heteroatoms. The number of benzene rings is 2. The highest BCUT2D eigenvalue weighted by atomic mass is 19.1. The van der Waals surface area contributed by atoms with E-state index in [4.69, 9.17) is 4.74 Å². The zero-order valence-electron chi connectivity index (χ0n) is 20.1. The van der Waals surface area contributed by atoms with Crippen LogP contribution in [0.2, 0.25) is 0 Å². The Balaban J connectivity index is 1.23. The molecule has 2 aromatic rings. The van der Waals surface area contributed by atoms with Crippen LogP contribution in [0.1, 0.15) is 78.5 Å². The number of phenols is 1. The number of ether oxygens (including phenoxy) is 1. The predicted molar refractivity (Wildman–Crippen MR) is 131 cm³/mol. The Hall–Kier alpha value is -2.73.